The Morgan fingerprint density at radius 3 is 2.50 bits per heavy atom. The van der Waals surface area contributed by atoms with Gasteiger partial charge in [-0.25, -0.2) is 0 Å². The SMILES string of the molecule is COc1ccccc1NC(=S)N/N=C1\C(=O)c2cccc3cccc1c23. The molecule has 6 heteroatoms. The number of hydrogen-bond donors (Lipinski definition) is 2. The molecule has 0 saturated heterocycles. The molecule has 0 aromatic heterocycles. The van der Waals surface area contributed by atoms with Crippen molar-refractivity contribution in [2.24, 2.45) is 5.10 Å². The number of carbonyl (C=O) groups excluding carboxylic acids is 1. The molecule has 0 radical (unpaired) electrons. The van der Waals surface area contributed by atoms with Crippen LogP contribution in [0.1, 0.15) is 15.9 Å². The van der Waals surface area contributed by atoms with E-state index in [1.54, 1.807) is 7.11 Å². The van der Waals surface area contributed by atoms with E-state index in [2.05, 4.69) is 15.8 Å². The first-order chi connectivity index (χ1) is 12.7. The second-order valence-corrected chi connectivity index (χ2v) is 6.17. The zero-order chi connectivity index (χ0) is 18.1. The van der Waals surface area contributed by atoms with E-state index in [0.29, 0.717) is 17.0 Å². The van der Waals surface area contributed by atoms with E-state index in [0.717, 1.165) is 22.0 Å². The van der Waals surface area contributed by atoms with E-state index in [4.69, 9.17) is 17.0 Å². The standard InChI is InChI=1S/C20H15N3O2S/c1-25-16-11-3-2-10-15(16)21-20(26)23-22-18-13-8-4-6-12-7-5-9-14(17(12)13)19(18)24/h2-11H,1H3,(H2,21,23,26)/b22-18-. The maximum absolute atomic E-state index is 12.7. The average molecular weight is 361 g/mol. The summed E-state index contributed by atoms with van der Waals surface area (Å²) >= 11 is 5.29. The lowest BCUT2D eigenvalue weighted by Crippen LogP contribution is -2.26. The fourth-order valence-electron chi connectivity index (χ4n) is 3.09. The third kappa shape index (κ3) is 2.70. The van der Waals surface area contributed by atoms with Crippen LogP contribution in [-0.2, 0) is 0 Å². The molecule has 26 heavy (non-hydrogen) atoms. The van der Waals surface area contributed by atoms with Crippen LogP contribution < -0.4 is 15.5 Å². The first-order valence-electron chi connectivity index (χ1n) is 8.03. The highest BCUT2D eigenvalue weighted by Gasteiger charge is 2.28. The molecule has 5 nitrogen and oxygen atoms in total. The normalized spacial score (nSPS) is 13.9. The summed E-state index contributed by atoms with van der Waals surface area (Å²) < 4.78 is 5.28. The molecule has 2 N–H and O–H groups in total. The first kappa shape index (κ1) is 16.2. The van der Waals surface area contributed by atoms with Crippen molar-refractivity contribution >= 4 is 45.3 Å². The van der Waals surface area contributed by atoms with E-state index in [1.165, 1.54) is 0 Å². The quantitative estimate of drug-likeness (QED) is 0.550. The van der Waals surface area contributed by atoms with Gasteiger partial charge in [-0.15, -0.1) is 0 Å². The molecule has 4 rings (SSSR count). The van der Waals surface area contributed by atoms with E-state index >= 15 is 0 Å². The fourth-order valence-corrected chi connectivity index (χ4v) is 3.25. The van der Waals surface area contributed by atoms with Crippen molar-refractivity contribution < 1.29 is 9.53 Å². The lowest BCUT2D eigenvalue weighted by Gasteiger charge is -2.11. The van der Waals surface area contributed by atoms with Crippen molar-refractivity contribution in [3.8, 4) is 5.75 Å². The summed E-state index contributed by atoms with van der Waals surface area (Å²) in [6.07, 6.45) is 0. The van der Waals surface area contributed by atoms with Crippen molar-refractivity contribution in [1.29, 1.82) is 0 Å². The summed E-state index contributed by atoms with van der Waals surface area (Å²) in [5.74, 6) is 0.558. The van der Waals surface area contributed by atoms with Crippen molar-refractivity contribution in [3.63, 3.8) is 0 Å². The summed E-state index contributed by atoms with van der Waals surface area (Å²) in [6.45, 7) is 0. The molecule has 0 fully saturated rings. The Labute approximate surface area is 155 Å². The van der Waals surface area contributed by atoms with Crippen LogP contribution in [0.15, 0.2) is 65.8 Å². The van der Waals surface area contributed by atoms with Gasteiger partial charge in [0.15, 0.2) is 5.11 Å². The molecule has 128 valence electrons. The number of ether oxygens (including phenoxy) is 1. The van der Waals surface area contributed by atoms with Gasteiger partial charge in [0.05, 0.1) is 12.8 Å². The van der Waals surface area contributed by atoms with Crippen molar-refractivity contribution in [2.75, 3.05) is 12.4 Å². The molecule has 3 aromatic carbocycles. The Hall–Kier alpha value is -3.25. The summed E-state index contributed by atoms with van der Waals surface area (Å²) in [5, 5.41) is 9.52. The minimum atomic E-state index is -0.107. The van der Waals surface area contributed by atoms with Crippen LogP contribution in [0.3, 0.4) is 0 Å². The van der Waals surface area contributed by atoms with Crippen LogP contribution in [0.25, 0.3) is 10.8 Å². The van der Waals surface area contributed by atoms with Crippen molar-refractivity contribution in [3.05, 3.63) is 71.8 Å². The zero-order valence-corrected chi connectivity index (χ0v) is 14.8. The minimum absolute atomic E-state index is 0.107. The molecule has 1 aliphatic rings. The Kier molecular flexibility index (Phi) is 4.10. The molecule has 0 spiro atoms. The number of methoxy groups -OCH3 is 1. The lowest BCUT2D eigenvalue weighted by atomic mass is 10.1. The third-order valence-electron chi connectivity index (χ3n) is 4.24. The number of nitrogens with one attached hydrogen (secondary N) is 2. The number of anilines is 1. The third-order valence-corrected chi connectivity index (χ3v) is 4.44. The molecular formula is C20H15N3O2S. The molecule has 0 bridgehead atoms. The number of para-hydroxylation sites is 2. The first-order valence-corrected chi connectivity index (χ1v) is 8.44. The van der Waals surface area contributed by atoms with Gasteiger partial charge >= 0.3 is 0 Å². The Bertz CT molecular complexity index is 1070. The number of thiocarbonyl (C=S) groups is 1. The van der Waals surface area contributed by atoms with E-state index in [9.17, 15) is 4.79 Å². The second-order valence-electron chi connectivity index (χ2n) is 5.77. The number of hydrazone groups is 1. The van der Waals surface area contributed by atoms with Crippen LogP contribution in [0, 0.1) is 0 Å². The van der Waals surface area contributed by atoms with Gasteiger partial charge in [0, 0.05) is 16.5 Å². The van der Waals surface area contributed by atoms with E-state index in [1.807, 2.05) is 60.7 Å². The van der Waals surface area contributed by atoms with Gasteiger partial charge in [-0.2, -0.15) is 5.10 Å². The maximum atomic E-state index is 12.7. The monoisotopic (exact) mass is 361 g/mol. The van der Waals surface area contributed by atoms with Crippen molar-refractivity contribution in [1.82, 2.24) is 5.43 Å². The molecule has 1 aliphatic carbocycles. The highest BCUT2D eigenvalue weighted by atomic mass is 32.1. The number of hydrogen-bond acceptors (Lipinski definition) is 4. The molecule has 0 amide bonds. The molecule has 0 atom stereocenters. The van der Waals surface area contributed by atoms with Gasteiger partial charge in [0.1, 0.15) is 11.5 Å². The number of Topliss-reactive ketones (excluding diaryl/α,β-unsaturated/α-hetero) is 1. The van der Waals surface area contributed by atoms with Crippen LogP contribution in [0.5, 0.6) is 5.75 Å². The van der Waals surface area contributed by atoms with Gasteiger partial charge < -0.3 is 10.1 Å². The molecule has 0 unspecified atom stereocenters. The predicted octanol–water partition coefficient (Wildman–Crippen LogP) is 3.74. The smallest absolute Gasteiger partial charge is 0.214 e. The number of ketones is 1. The molecule has 0 heterocycles. The maximum Gasteiger partial charge on any atom is 0.214 e. The van der Waals surface area contributed by atoms with Crippen LogP contribution >= 0.6 is 12.2 Å². The molecule has 3 aromatic rings. The van der Waals surface area contributed by atoms with Crippen LogP contribution in [0.2, 0.25) is 0 Å². The van der Waals surface area contributed by atoms with Crippen LogP contribution in [-0.4, -0.2) is 23.7 Å². The second kappa shape index (κ2) is 6.57. The molecule has 0 saturated carbocycles. The van der Waals surface area contributed by atoms with Crippen molar-refractivity contribution in [2.45, 2.75) is 0 Å². The average Bonchev–Trinajstić information content (AvgIpc) is 2.94. The van der Waals surface area contributed by atoms with Crippen LogP contribution in [0.4, 0.5) is 5.69 Å². The van der Waals surface area contributed by atoms with Gasteiger partial charge in [-0.05, 0) is 29.7 Å². The Morgan fingerprint density at radius 1 is 1.00 bits per heavy atom. The number of nitrogens with zero attached hydrogens (tertiary/aromatic N) is 1. The van der Waals surface area contributed by atoms with Gasteiger partial charge in [0.2, 0.25) is 5.78 Å². The molecular weight excluding hydrogens is 346 g/mol. The topological polar surface area (TPSA) is 62.7 Å². The van der Waals surface area contributed by atoms with E-state index in [-0.39, 0.29) is 10.9 Å². The highest BCUT2D eigenvalue weighted by Crippen LogP contribution is 2.30. The predicted molar refractivity (Wildman–Crippen MR) is 107 cm³/mol. The Balaban J connectivity index is 1.59. The largest absolute Gasteiger partial charge is 0.495 e. The van der Waals surface area contributed by atoms with Gasteiger partial charge in [-0.3, -0.25) is 10.2 Å². The zero-order valence-electron chi connectivity index (χ0n) is 13.9. The summed E-state index contributed by atoms with van der Waals surface area (Å²) in [4.78, 5) is 12.7. The minimum Gasteiger partial charge on any atom is -0.495 e. The number of carbonyl (C=O) groups is 1. The number of benzene rings is 3. The summed E-state index contributed by atoms with van der Waals surface area (Å²) in [5.41, 5.74) is 5.33. The number of rotatable bonds is 3. The van der Waals surface area contributed by atoms with Gasteiger partial charge in [0.25, 0.3) is 0 Å². The summed E-state index contributed by atoms with van der Waals surface area (Å²) in [6, 6.07) is 18.9. The molecule has 0 aliphatic heterocycles. The van der Waals surface area contributed by atoms with Gasteiger partial charge in [-0.1, -0.05) is 48.5 Å². The lowest BCUT2D eigenvalue weighted by molar-refractivity contribution is 0.106. The Morgan fingerprint density at radius 2 is 1.73 bits per heavy atom. The fraction of sp³-hybridized carbons (Fsp3) is 0.0500. The summed E-state index contributed by atoms with van der Waals surface area (Å²) in [7, 11) is 1.59. The van der Waals surface area contributed by atoms with E-state index < -0.39 is 0 Å². The highest BCUT2D eigenvalue weighted by molar-refractivity contribution is 7.80.